The molecule has 0 saturated carbocycles. The minimum absolute atomic E-state index is 0.693. The van der Waals surface area contributed by atoms with Crippen LogP contribution in [0.4, 0.5) is 0 Å². The van der Waals surface area contributed by atoms with Crippen molar-refractivity contribution < 1.29 is 4.74 Å². The molecular weight excluding hydrogens is 236 g/mol. The summed E-state index contributed by atoms with van der Waals surface area (Å²) in [6.45, 7) is 8.53. The summed E-state index contributed by atoms with van der Waals surface area (Å²) < 4.78 is 5.40. The Morgan fingerprint density at radius 2 is 1.89 bits per heavy atom. The van der Waals surface area contributed by atoms with Gasteiger partial charge in [-0.15, -0.1) is 0 Å². The van der Waals surface area contributed by atoms with Gasteiger partial charge in [-0.1, -0.05) is 6.07 Å². The van der Waals surface area contributed by atoms with Gasteiger partial charge in [-0.3, -0.25) is 0 Å². The van der Waals surface area contributed by atoms with E-state index in [9.17, 15) is 0 Å². The maximum absolute atomic E-state index is 5.63. The molecule has 1 fully saturated rings. The van der Waals surface area contributed by atoms with Crippen LogP contribution in [0.1, 0.15) is 35.4 Å². The SMILES string of the molecule is COc1ccc(C2CCN(CCN)CC2)c(C)c1C. The molecular formula is C16H26N2O. The Labute approximate surface area is 116 Å². The molecule has 0 spiro atoms. The number of hydrogen-bond acceptors (Lipinski definition) is 3. The maximum atomic E-state index is 5.63. The normalized spacial score (nSPS) is 17.7. The second kappa shape index (κ2) is 6.40. The summed E-state index contributed by atoms with van der Waals surface area (Å²) in [7, 11) is 1.74. The molecule has 0 unspecified atom stereocenters. The van der Waals surface area contributed by atoms with E-state index >= 15 is 0 Å². The van der Waals surface area contributed by atoms with Gasteiger partial charge in [-0.25, -0.2) is 0 Å². The van der Waals surface area contributed by atoms with Crippen LogP contribution < -0.4 is 10.5 Å². The number of hydrogen-bond donors (Lipinski definition) is 1. The fraction of sp³-hybridized carbons (Fsp3) is 0.625. The van der Waals surface area contributed by atoms with E-state index in [0.717, 1.165) is 18.8 Å². The lowest BCUT2D eigenvalue weighted by atomic mass is 9.85. The van der Waals surface area contributed by atoms with Crippen molar-refractivity contribution in [1.29, 1.82) is 0 Å². The van der Waals surface area contributed by atoms with Crippen LogP contribution in [0.5, 0.6) is 5.75 Å². The summed E-state index contributed by atoms with van der Waals surface area (Å²) in [5.41, 5.74) is 9.81. The van der Waals surface area contributed by atoms with E-state index in [0.29, 0.717) is 5.92 Å². The zero-order valence-electron chi connectivity index (χ0n) is 12.4. The Bertz CT molecular complexity index is 423. The fourth-order valence-electron chi connectivity index (χ4n) is 3.13. The first kappa shape index (κ1) is 14.4. The van der Waals surface area contributed by atoms with Gasteiger partial charge < -0.3 is 15.4 Å². The molecule has 0 bridgehead atoms. The second-order valence-corrected chi connectivity index (χ2v) is 5.51. The molecule has 2 rings (SSSR count). The quantitative estimate of drug-likeness (QED) is 0.906. The van der Waals surface area contributed by atoms with Crippen molar-refractivity contribution in [3.63, 3.8) is 0 Å². The highest BCUT2D eigenvalue weighted by molar-refractivity contribution is 5.45. The second-order valence-electron chi connectivity index (χ2n) is 5.51. The molecule has 3 heteroatoms. The third kappa shape index (κ3) is 3.10. The Hall–Kier alpha value is -1.06. The number of piperidine rings is 1. The summed E-state index contributed by atoms with van der Waals surface area (Å²) in [6, 6.07) is 4.37. The third-order valence-corrected chi connectivity index (χ3v) is 4.47. The highest BCUT2D eigenvalue weighted by Gasteiger charge is 2.22. The van der Waals surface area contributed by atoms with E-state index in [2.05, 4.69) is 30.9 Å². The predicted octanol–water partition coefficient (Wildman–Crippen LogP) is 2.45. The molecule has 0 amide bonds. The van der Waals surface area contributed by atoms with Gasteiger partial charge in [0.1, 0.15) is 5.75 Å². The summed E-state index contributed by atoms with van der Waals surface area (Å²) >= 11 is 0. The molecule has 106 valence electrons. The standard InChI is InChI=1S/C16H26N2O/c1-12-13(2)16(19-3)5-4-15(12)14-6-9-18(10-7-14)11-8-17/h4-5,14H,6-11,17H2,1-3H3. The number of methoxy groups -OCH3 is 1. The van der Waals surface area contributed by atoms with E-state index < -0.39 is 0 Å². The number of ether oxygens (including phenoxy) is 1. The lowest BCUT2D eigenvalue weighted by Gasteiger charge is -2.32. The van der Waals surface area contributed by atoms with Crippen LogP contribution in [0.3, 0.4) is 0 Å². The molecule has 1 aromatic rings. The Balaban J connectivity index is 2.09. The van der Waals surface area contributed by atoms with Crippen molar-refractivity contribution in [3.05, 3.63) is 28.8 Å². The summed E-state index contributed by atoms with van der Waals surface area (Å²) in [5, 5.41) is 0. The van der Waals surface area contributed by atoms with Crippen molar-refractivity contribution in [3.8, 4) is 5.75 Å². The van der Waals surface area contributed by atoms with E-state index in [1.165, 1.54) is 42.6 Å². The molecule has 0 atom stereocenters. The molecule has 3 nitrogen and oxygen atoms in total. The van der Waals surface area contributed by atoms with Gasteiger partial charge in [-0.05, 0) is 68.5 Å². The first-order chi connectivity index (χ1) is 9.17. The molecule has 1 aliphatic heterocycles. The zero-order chi connectivity index (χ0) is 13.8. The number of rotatable bonds is 4. The maximum Gasteiger partial charge on any atom is 0.122 e. The lowest BCUT2D eigenvalue weighted by molar-refractivity contribution is 0.217. The summed E-state index contributed by atoms with van der Waals surface area (Å²) in [4.78, 5) is 2.47. The highest BCUT2D eigenvalue weighted by atomic mass is 16.5. The van der Waals surface area contributed by atoms with Crippen molar-refractivity contribution >= 4 is 0 Å². The zero-order valence-corrected chi connectivity index (χ0v) is 12.4. The minimum Gasteiger partial charge on any atom is -0.496 e. The summed E-state index contributed by atoms with van der Waals surface area (Å²) in [6.07, 6.45) is 2.49. The molecule has 0 aromatic heterocycles. The first-order valence-corrected chi connectivity index (χ1v) is 7.24. The molecule has 1 aromatic carbocycles. The largest absolute Gasteiger partial charge is 0.496 e. The van der Waals surface area contributed by atoms with E-state index in [4.69, 9.17) is 10.5 Å². The first-order valence-electron chi connectivity index (χ1n) is 7.24. The van der Waals surface area contributed by atoms with Crippen LogP contribution in [-0.4, -0.2) is 38.2 Å². The minimum atomic E-state index is 0.693. The summed E-state index contributed by atoms with van der Waals surface area (Å²) in [5.74, 6) is 1.69. The van der Waals surface area contributed by atoms with Crippen molar-refractivity contribution in [2.45, 2.75) is 32.6 Å². The van der Waals surface area contributed by atoms with Crippen LogP contribution in [0, 0.1) is 13.8 Å². The predicted molar refractivity (Wildman–Crippen MR) is 79.9 cm³/mol. The smallest absolute Gasteiger partial charge is 0.122 e. The monoisotopic (exact) mass is 262 g/mol. The van der Waals surface area contributed by atoms with Crippen molar-refractivity contribution in [2.24, 2.45) is 5.73 Å². The molecule has 0 radical (unpaired) electrons. The lowest BCUT2D eigenvalue weighted by Crippen LogP contribution is -2.36. The molecule has 1 heterocycles. The van der Waals surface area contributed by atoms with Gasteiger partial charge in [0.2, 0.25) is 0 Å². The molecule has 1 saturated heterocycles. The molecule has 0 aliphatic carbocycles. The van der Waals surface area contributed by atoms with E-state index in [1.54, 1.807) is 7.11 Å². The van der Waals surface area contributed by atoms with Crippen molar-refractivity contribution in [1.82, 2.24) is 4.90 Å². The van der Waals surface area contributed by atoms with Gasteiger partial charge in [-0.2, -0.15) is 0 Å². The molecule has 1 aliphatic rings. The van der Waals surface area contributed by atoms with Gasteiger partial charge in [0, 0.05) is 13.1 Å². The average Bonchev–Trinajstić information content (AvgIpc) is 2.43. The molecule has 19 heavy (non-hydrogen) atoms. The number of nitrogens with zero attached hydrogens (tertiary/aromatic N) is 1. The van der Waals surface area contributed by atoms with Crippen LogP contribution in [-0.2, 0) is 0 Å². The van der Waals surface area contributed by atoms with Gasteiger partial charge in [0.15, 0.2) is 0 Å². The van der Waals surface area contributed by atoms with Crippen molar-refractivity contribution in [2.75, 3.05) is 33.3 Å². The Morgan fingerprint density at radius 1 is 1.21 bits per heavy atom. The highest BCUT2D eigenvalue weighted by Crippen LogP contribution is 2.34. The Morgan fingerprint density at radius 3 is 2.47 bits per heavy atom. The van der Waals surface area contributed by atoms with Gasteiger partial charge in [0.05, 0.1) is 7.11 Å². The van der Waals surface area contributed by atoms with E-state index in [-0.39, 0.29) is 0 Å². The molecule has 2 N–H and O–H groups in total. The average molecular weight is 262 g/mol. The number of nitrogens with two attached hydrogens (primary N) is 1. The third-order valence-electron chi connectivity index (χ3n) is 4.47. The number of likely N-dealkylation sites (tertiary alicyclic amines) is 1. The van der Waals surface area contributed by atoms with Crippen LogP contribution >= 0.6 is 0 Å². The van der Waals surface area contributed by atoms with E-state index in [1.807, 2.05) is 0 Å². The van der Waals surface area contributed by atoms with Crippen LogP contribution in [0.2, 0.25) is 0 Å². The van der Waals surface area contributed by atoms with Crippen LogP contribution in [0.25, 0.3) is 0 Å². The number of benzene rings is 1. The topological polar surface area (TPSA) is 38.5 Å². The van der Waals surface area contributed by atoms with Crippen LogP contribution in [0.15, 0.2) is 12.1 Å². The van der Waals surface area contributed by atoms with Gasteiger partial charge in [0.25, 0.3) is 0 Å². The Kier molecular flexibility index (Phi) is 4.83. The fourth-order valence-corrected chi connectivity index (χ4v) is 3.13. The van der Waals surface area contributed by atoms with Gasteiger partial charge >= 0.3 is 0 Å².